The van der Waals surface area contributed by atoms with Crippen LogP contribution in [0.15, 0.2) is 60.9 Å². The molecule has 1 aromatic carbocycles. The van der Waals surface area contributed by atoms with Gasteiger partial charge < -0.3 is 11.1 Å². The quantitative estimate of drug-likeness (QED) is 0.565. The molecule has 0 saturated carbocycles. The van der Waals surface area contributed by atoms with Gasteiger partial charge in [0.2, 0.25) is 5.78 Å². The number of nitrogens with one attached hydrogen (secondary N) is 1. The molecule has 2 amide bonds. The zero-order valence-corrected chi connectivity index (χ0v) is 15.1. The number of rotatable bonds is 7. The van der Waals surface area contributed by atoms with Crippen LogP contribution in [0.3, 0.4) is 0 Å². The van der Waals surface area contributed by atoms with Crippen LogP contribution in [0.4, 0.5) is 0 Å². The van der Waals surface area contributed by atoms with E-state index >= 15 is 0 Å². The number of nitriles is 1. The third-order valence-electron chi connectivity index (χ3n) is 4.13. The fourth-order valence-corrected chi connectivity index (χ4v) is 2.76. The number of Topliss-reactive ketones (excluding diaryl/α,β-unsaturated/α-hetero) is 1. The van der Waals surface area contributed by atoms with E-state index in [0.717, 1.165) is 5.56 Å². The van der Waals surface area contributed by atoms with Crippen LogP contribution in [0.5, 0.6) is 0 Å². The number of nitrogens with two attached hydrogens (primary N) is 1. The molecule has 1 unspecified atom stereocenters. The Morgan fingerprint density at radius 1 is 1.10 bits per heavy atom. The van der Waals surface area contributed by atoms with Crippen LogP contribution in [-0.4, -0.2) is 38.4 Å². The molecule has 3 N–H and O–H groups in total. The highest BCUT2D eigenvalue weighted by Gasteiger charge is 2.27. The molecule has 2 heterocycles. The van der Waals surface area contributed by atoms with Crippen molar-refractivity contribution in [2.24, 2.45) is 5.73 Å². The van der Waals surface area contributed by atoms with Gasteiger partial charge in [0, 0.05) is 12.6 Å². The van der Waals surface area contributed by atoms with Crippen molar-refractivity contribution in [2.75, 3.05) is 0 Å². The van der Waals surface area contributed by atoms with E-state index in [2.05, 4.69) is 15.4 Å². The number of carbonyl (C=O) groups is 3. The Kier molecular flexibility index (Phi) is 5.75. The fourth-order valence-electron chi connectivity index (χ4n) is 2.76. The van der Waals surface area contributed by atoms with Gasteiger partial charge in [-0.05, 0) is 23.8 Å². The molecule has 2 aromatic heterocycles. The first-order valence-corrected chi connectivity index (χ1v) is 8.59. The first kappa shape index (κ1) is 19.4. The van der Waals surface area contributed by atoms with Crippen molar-refractivity contribution in [3.63, 3.8) is 0 Å². The predicted octanol–water partition coefficient (Wildman–Crippen LogP) is 0.534. The minimum absolute atomic E-state index is 0.0514. The summed E-state index contributed by atoms with van der Waals surface area (Å²) in [7, 11) is 0. The van der Waals surface area contributed by atoms with Crippen LogP contribution in [0.1, 0.15) is 21.6 Å². The van der Waals surface area contributed by atoms with Gasteiger partial charge in [-0.15, -0.1) is 0 Å². The van der Waals surface area contributed by atoms with Crippen molar-refractivity contribution in [3.05, 3.63) is 77.7 Å². The largest absolute Gasteiger partial charge is 0.363 e. The predicted molar refractivity (Wildman–Crippen MR) is 102 cm³/mol. The molecule has 144 valence electrons. The number of amides is 2. The van der Waals surface area contributed by atoms with Crippen LogP contribution in [0.2, 0.25) is 0 Å². The SMILES string of the molecule is N#Cc1cccnc1-n1nccc1C(=O)NC(Cc1ccccc1)C(=O)C(N)=O. The molecule has 3 aromatic rings. The highest BCUT2D eigenvalue weighted by Crippen LogP contribution is 2.13. The normalized spacial score (nSPS) is 11.3. The number of aromatic nitrogens is 3. The third kappa shape index (κ3) is 4.33. The van der Waals surface area contributed by atoms with Crippen molar-refractivity contribution < 1.29 is 14.4 Å². The zero-order valence-electron chi connectivity index (χ0n) is 15.1. The minimum atomic E-state index is -1.15. The lowest BCUT2D eigenvalue weighted by atomic mass is 10.0. The number of carbonyl (C=O) groups excluding carboxylic acids is 3. The Balaban J connectivity index is 1.89. The number of nitrogens with zero attached hydrogens (tertiary/aromatic N) is 4. The Morgan fingerprint density at radius 2 is 1.86 bits per heavy atom. The van der Waals surface area contributed by atoms with Crippen molar-refractivity contribution in [1.82, 2.24) is 20.1 Å². The first-order chi connectivity index (χ1) is 14.0. The molecule has 3 rings (SSSR count). The summed E-state index contributed by atoms with van der Waals surface area (Å²) >= 11 is 0. The standard InChI is InChI=1S/C20H16N6O3/c21-12-14-7-4-9-23-19(14)26-16(8-10-24-26)20(29)25-15(17(27)18(22)28)11-13-5-2-1-3-6-13/h1-10,15H,11H2,(H2,22,28)(H,25,29). The number of primary amides is 1. The van der Waals surface area contributed by atoms with Gasteiger partial charge >= 0.3 is 0 Å². The van der Waals surface area contributed by atoms with E-state index in [1.807, 2.05) is 12.1 Å². The second-order valence-electron chi connectivity index (χ2n) is 6.06. The van der Waals surface area contributed by atoms with E-state index in [0.29, 0.717) is 0 Å². The highest BCUT2D eigenvalue weighted by molar-refractivity contribution is 6.38. The van der Waals surface area contributed by atoms with E-state index in [1.54, 1.807) is 36.4 Å². The molecule has 0 radical (unpaired) electrons. The summed E-state index contributed by atoms with van der Waals surface area (Å²) in [5.74, 6) is -2.54. The first-order valence-electron chi connectivity index (χ1n) is 8.59. The van der Waals surface area contributed by atoms with Crippen molar-refractivity contribution in [3.8, 4) is 11.9 Å². The Bertz CT molecular complexity index is 1100. The second kappa shape index (κ2) is 8.58. The number of hydrogen-bond donors (Lipinski definition) is 2. The molecule has 0 aliphatic heterocycles. The van der Waals surface area contributed by atoms with Crippen LogP contribution < -0.4 is 11.1 Å². The maximum Gasteiger partial charge on any atom is 0.287 e. The minimum Gasteiger partial charge on any atom is -0.363 e. The molecule has 0 fully saturated rings. The molecule has 0 aliphatic carbocycles. The van der Waals surface area contributed by atoms with Gasteiger partial charge in [-0.2, -0.15) is 10.4 Å². The van der Waals surface area contributed by atoms with Crippen molar-refractivity contribution >= 4 is 17.6 Å². The summed E-state index contributed by atoms with van der Waals surface area (Å²) in [6.07, 6.45) is 2.93. The van der Waals surface area contributed by atoms with Gasteiger partial charge in [-0.25, -0.2) is 9.67 Å². The highest BCUT2D eigenvalue weighted by atomic mass is 16.2. The Hall–Kier alpha value is -4.32. The average molecular weight is 388 g/mol. The molecule has 0 spiro atoms. The summed E-state index contributed by atoms with van der Waals surface area (Å²) in [5, 5.41) is 15.9. The molecule has 9 heteroatoms. The second-order valence-corrected chi connectivity index (χ2v) is 6.06. The molecule has 0 saturated heterocycles. The van der Waals surface area contributed by atoms with E-state index in [4.69, 9.17) is 5.73 Å². The summed E-state index contributed by atoms with van der Waals surface area (Å²) in [6, 6.07) is 14.3. The number of pyridine rings is 1. The average Bonchev–Trinajstić information content (AvgIpc) is 3.23. The van der Waals surface area contributed by atoms with Gasteiger partial charge in [-0.3, -0.25) is 14.4 Å². The lowest BCUT2D eigenvalue weighted by Crippen LogP contribution is -2.47. The maximum atomic E-state index is 12.8. The summed E-state index contributed by atoms with van der Waals surface area (Å²) in [4.78, 5) is 40.6. The molecule has 1 atom stereocenters. The van der Waals surface area contributed by atoms with Crippen molar-refractivity contribution in [1.29, 1.82) is 5.26 Å². The van der Waals surface area contributed by atoms with Gasteiger partial charge in [0.05, 0.1) is 11.8 Å². The molecule has 0 bridgehead atoms. The topological polar surface area (TPSA) is 144 Å². The van der Waals surface area contributed by atoms with Crippen LogP contribution in [-0.2, 0) is 16.0 Å². The van der Waals surface area contributed by atoms with Gasteiger partial charge in [0.25, 0.3) is 11.8 Å². The van der Waals surface area contributed by atoms with Gasteiger partial charge in [0.1, 0.15) is 17.8 Å². The van der Waals surface area contributed by atoms with E-state index in [-0.39, 0.29) is 23.5 Å². The van der Waals surface area contributed by atoms with Crippen molar-refractivity contribution in [2.45, 2.75) is 12.5 Å². The Morgan fingerprint density at radius 3 is 2.55 bits per heavy atom. The van der Waals surface area contributed by atoms with E-state index < -0.39 is 23.6 Å². The molecule has 0 aliphatic rings. The van der Waals surface area contributed by atoms with E-state index in [1.165, 1.54) is 23.1 Å². The Labute approximate surface area is 165 Å². The zero-order chi connectivity index (χ0) is 20.8. The van der Waals surface area contributed by atoms with Crippen LogP contribution in [0.25, 0.3) is 5.82 Å². The van der Waals surface area contributed by atoms with Crippen LogP contribution >= 0.6 is 0 Å². The molecular formula is C20H16N6O3. The van der Waals surface area contributed by atoms with Gasteiger partial charge in [-0.1, -0.05) is 30.3 Å². The number of benzene rings is 1. The lowest BCUT2D eigenvalue weighted by molar-refractivity contribution is -0.137. The molecular weight excluding hydrogens is 372 g/mol. The van der Waals surface area contributed by atoms with Crippen LogP contribution in [0, 0.1) is 11.3 Å². The summed E-state index contributed by atoms with van der Waals surface area (Å²) in [6.45, 7) is 0. The number of ketones is 1. The third-order valence-corrected chi connectivity index (χ3v) is 4.13. The van der Waals surface area contributed by atoms with E-state index in [9.17, 15) is 19.6 Å². The molecule has 9 nitrogen and oxygen atoms in total. The molecule has 29 heavy (non-hydrogen) atoms. The summed E-state index contributed by atoms with van der Waals surface area (Å²) in [5.41, 5.74) is 6.16. The smallest absolute Gasteiger partial charge is 0.287 e. The van der Waals surface area contributed by atoms with Gasteiger partial charge in [0.15, 0.2) is 5.82 Å². The fraction of sp³-hybridized carbons (Fsp3) is 0.100. The summed E-state index contributed by atoms with van der Waals surface area (Å²) < 4.78 is 1.20. The number of hydrogen-bond acceptors (Lipinski definition) is 6. The maximum absolute atomic E-state index is 12.8. The lowest BCUT2D eigenvalue weighted by Gasteiger charge is -2.17. The monoisotopic (exact) mass is 388 g/mol.